The zero-order chi connectivity index (χ0) is 28.6. The fourth-order valence-corrected chi connectivity index (χ4v) is 2.05. The molecule has 0 saturated carbocycles. The normalized spacial score (nSPS) is 14.5. The standard InChI is InChI=1S/C21H19ClN4O3/c1-13-11-15(5-8-18(13)22)26-21(28)25-14-3-6-16(7-4-14)29-17-9-10-24-19(12-17)20(27)23-2/h3-12H,1-2H3,(H,23,27)(H2,25,26,28)/i3D,4D,5D,6D,7D,9D,10D,11D,12D. The van der Waals surface area contributed by atoms with Gasteiger partial charge in [-0.25, -0.2) is 4.79 Å². The van der Waals surface area contributed by atoms with Crippen LogP contribution >= 0.6 is 11.6 Å². The number of rotatable bonds is 5. The van der Waals surface area contributed by atoms with Crippen molar-refractivity contribution in [2.45, 2.75) is 6.92 Å². The molecule has 3 aromatic rings. The summed E-state index contributed by atoms with van der Waals surface area (Å²) in [7, 11) is 1.26. The smallest absolute Gasteiger partial charge is 0.323 e. The van der Waals surface area contributed by atoms with Gasteiger partial charge in [0.05, 0.1) is 12.3 Å². The van der Waals surface area contributed by atoms with Gasteiger partial charge in [-0.2, -0.15) is 0 Å². The average Bonchev–Trinajstić information content (AvgIpc) is 2.88. The SMILES string of the molecule is [2H]c1cc(Cl)c(C)c([2H])c1NC(=O)Nc1c([2H])c([2H])c(Oc2c([2H])c([2H])nc(C(=O)NC)c2[2H])c([2H])c1[2H]. The second kappa shape index (κ2) is 9.07. The van der Waals surface area contributed by atoms with Crippen molar-refractivity contribution in [1.29, 1.82) is 0 Å². The Morgan fingerprint density at radius 2 is 1.76 bits per heavy atom. The van der Waals surface area contributed by atoms with E-state index in [1.54, 1.807) is 0 Å². The molecular formula is C21H19ClN4O3. The van der Waals surface area contributed by atoms with Gasteiger partial charge in [0, 0.05) is 35.7 Å². The third kappa shape index (κ3) is 5.46. The monoisotopic (exact) mass is 419 g/mol. The van der Waals surface area contributed by atoms with Gasteiger partial charge >= 0.3 is 6.03 Å². The first-order chi connectivity index (χ1) is 17.7. The van der Waals surface area contributed by atoms with Crippen molar-refractivity contribution in [1.82, 2.24) is 10.3 Å². The topological polar surface area (TPSA) is 92.3 Å². The Bertz CT molecular complexity index is 1480. The fraction of sp³-hybridized carbons (Fsp3) is 0.0952. The predicted octanol–water partition coefficient (Wildman–Crippen LogP) is 4.84. The predicted molar refractivity (Wildman–Crippen MR) is 113 cm³/mol. The van der Waals surface area contributed by atoms with Gasteiger partial charge in [-0.1, -0.05) is 11.6 Å². The number of carbonyl (C=O) groups is 2. The fourth-order valence-electron chi connectivity index (χ4n) is 1.95. The van der Waals surface area contributed by atoms with E-state index in [0.717, 1.165) is 0 Å². The highest BCUT2D eigenvalue weighted by atomic mass is 35.5. The summed E-state index contributed by atoms with van der Waals surface area (Å²) in [6.07, 6.45) is -0.722. The lowest BCUT2D eigenvalue weighted by atomic mass is 10.2. The molecule has 0 aliphatic rings. The molecule has 148 valence electrons. The Kier molecular flexibility index (Phi) is 3.58. The molecule has 2 aromatic carbocycles. The summed E-state index contributed by atoms with van der Waals surface area (Å²) in [6, 6.07) is -4.86. The first-order valence-corrected chi connectivity index (χ1v) is 8.41. The van der Waals surface area contributed by atoms with Gasteiger partial charge in [0.1, 0.15) is 17.2 Å². The van der Waals surface area contributed by atoms with E-state index in [2.05, 4.69) is 20.9 Å². The number of carbonyl (C=O) groups excluding carboxylic acids is 2. The molecule has 29 heavy (non-hydrogen) atoms. The molecule has 0 atom stereocenters. The number of halogens is 1. The van der Waals surface area contributed by atoms with E-state index in [1.807, 2.05) is 0 Å². The van der Waals surface area contributed by atoms with Crippen LogP contribution in [0.5, 0.6) is 11.5 Å². The lowest BCUT2D eigenvalue weighted by molar-refractivity contribution is 0.0958. The van der Waals surface area contributed by atoms with Crippen molar-refractivity contribution in [3.63, 3.8) is 0 Å². The summed E-state index contributed by atoms with van der Waals surface area (Å²) in [5, 5.41) is 6.81. The number of hydrogen-bond donors (Lipinski definition) is 3. The molecule has 0 unspecified atom stereocenters. The van der Waals surface area contributed by atoms with Crippen LogP contribution in [0.3, 0.4) is 0 Å². The van der Waals surface area contributed by atoms with Crippen molar-refractivity contribution in [3.05, 3.63) is 76.9 Å². The van der Waals surface area contributed by atoms with Crippen LogP contribution in [-0.4, -0.2) is 24.0 Å². The molecule has 0 aliphatic heterocycles. The van der Waals surface area contributed by atoms with E-state index in [-0.39, 0.29) is 22.8 Å². The van der Waals surface area contributed by atoms with Crippen molar-refractivity contribution < 1.29 is 26.7 Å². The Hall–Kier alpha value is -3.58. The minimum absolute atomic E-state index is 0.155. The maximum Gasteiger partial charge on any atom is 0.323 e. The van der Waals surface area contributed by atoms with Gasteiger partial charge < -0.3 is 20.7 Å². The molecule has 0 bridgehead atoms. The average molecular weight is 420 g/mol. The number of pyridine rings is 1. The quantitative estimate of drug-likeness (QED) is 0.551. The number of aromatic nitrogens is 1. The second-order valence-electron chi connectivity index (χ2n) is 5.38. The molecule has 8 heteroatoms. The van der Waals surface area contributed by atoms with Crippen LogP contribution in [0.2, 0.25) is 5.02 Å². The minimum Gasteiger partial charge on any atom is -0.457 e. The Morgan fingerprint density at radius 3 is 2.48 bits per heavy atom. The van der Waals surface area contributed by atoms with Crippen LogP contribution in [0.4, 0.5) is 16.2 Å². The molecule has 7 nitrogen and oxygen atoms in total. The Morgan fingerprint density at radius 1 is 1.03 bits per heavy atom. The number of anilines is 2. The summed E-state index contributed by atoms with van der Waals surface area (Å²) >= 11 is 5.94. The molecule has 3 rings (SSSR count). The first-order valence-electron chi connectivity index (χ1n) is 12.5. The van der Waals surface area contributed by atoms with Crippen molar-refractivity contribution in [3.8, 4) is 11.5 Å². The van der Waals surface area contributed by atoms with E-state index in [4.69, 9.17) is 28.7 Å². The molecule has 3 amide bonds. The summed E-state index contributed by atoms with van der Waals surface area (Å²) < 4.78 is 78.3. The van der Waals surface area contributed by atoms with E-state index in [0.29, 0.717) is 5.56 Å². The summed E-state index contributed by atoms with van der Waals surface area (Å²) in [5.41, 5.74) is -0.999. The number of hydrogen-bond acceptors (Lipinski definition) is 4. The lowest BCUT2D eigenvalue weighted by Gasteiger charge is -2.10. The van der Waals surface area contributed by atoms with E-state index in [9.17, 15) is 9.59 Å². The summed E-state index contributed by atoms with van der Waals surface area (Å²) in [6.45, 7) is 1.52. The molecular weight excluding hydrogens is 392 g/mol. The molecule has 1 aromatic heterocycles. The molecule has 1 heterocycles. The van der Waals surface area contributed by atoms with Crippen molar-refractivity contribution in [2.24, 2.45) is 0 Å². The zero-order valence-electron chi connectivity index (χ0n) is 24.1. The highest BCUT2D eigenvalue weighted by Crippen LogP contribution is 2.24. The molecule has 0 spiro atoms. The number of amides is 3. The molecule has 0 radical (unpaired) electrons. The summed E-state index contributed by atoms with van der Waals surface area (Å²) in [5.74, 6) is -2.26. The molecule has 0 saturated heterocycles. The van der Waals surface area contributed by atoms with Crippen LogP contribution in [-0.2, 0) is 0 Å². The van der Waals surface area contributed by atoms with Gasteiger partial charge in [-0.3, -0.25) is 9.78 Å². The van der Waals surface area contributed by atoms with Gasteiger partial charge in [-0.05, 0) is 60.9 Å². The van der Waals surface area contributed by atoms with E-state index >= 15 is 0 Å². The van der Waals surface area contributed by atoms with E-state index in [1.165, 1.54) is 20.0 Å². The second-order valence-corrected chi connectivity index (χ2v) is 5.78. The van der Waals surface area contributed by atoms with Gasteiger partial charge in [0.2, 0.25) is 0 Å². The number of nitrogens with zero attached hydrogens (tertiary/aromatic N) is 1. The highest BCUT2D eigenvalue weighted by molar-refractivity contribution is 6.31. The zero-order valence-corrected chi connectivity index (χ0v) is 15.9. The summed E-state index contributed by atoms with van der Waals surface area (Å²) in [4.78, 5) is 28.2. The minimum atomic E-state index is -1.06. The van der Waals surface area contributed by atoms with E-state index < -0.39 is 77.2 Å². The van der Waals surface area contributed by atoms with Gasteiger partial charge in [-0.15, -0.1) is 0 Å². The van der Waals surface area contributed by atoms with Crippen molar-refractivity contribution >= 4 is 34.9 Å². The van der Waals surface area contributed by atoms with Crippen LogP contribution < -0.4 is 20.7 Å². The number of ether oxygens (including phenoxy) is 1. The molecule has 0 aliphatic carbocycles. The van der Waals surface area contributed by atoms with Crippen LogP contribution in [0, 0.1) is 6.92 Å². The van der Waals surface area contributed by atoms with Crippen LogP contribution in [0.15, 0.2) is 60.6 Å². The maximum atomic E-state index is 12.6. The third-order valence-corrected chi connectivity index (χ3v) is 3.70. The molecule has 0 fully saturated rings. The lowest BCUT2D eigenvalue weighted by Crippen LogP contribution is -2.19. The molecule has 3 N–H and O–H groups in total. The maximum absolute atomic E-state index is 12.6. The van der Waals surface area contributed by atoms with Gasteiger partial charge in [0.25, 0.3) is 5.91 Å². The largest absolute Gasteiger partial charge is 0.457 e. The van der Waals surface area contributed by atoms with Crippen LogP contribution in [0.25, 0.3) is 0 Å². The van der Waals surface area contributed by atoms with Crippen LogP contribution in [0.1, 0.15) is 28.4 Å². The Balaban J connectivity index is 2.01. The number of urea groups is 1. The third-order valence-electron chi connectivity index (χ3n) is 3.31. The first kappa shape index (κ1) is 11.4. The van der Waals surface area contributed by atoms with Crippen molar-refractivity contribution in [2.75, 3.05) is 17.7 Å². The number of nitrogens with one attached hydrogen (secondary N) is 3. The Labute approximate surface area is 185 Å². The highest BCUT2D eigenvalue weighted by Gasteiger charge is 2.08. The number of benzene rings is 2. The van der Waals surface area contributed by atoms with Gasteiger partial charge in [0.15, 0.2) is 0 Å².